The Morgan fingerprint density at radius 1 is 0.848 bits per heavy atom. The van der Waals surface area contributed by atoms with Gasteiger partial charge in [-0.2, -0.15) is 0 Å². The zero-order chi connectivity index (χ0) is 32.5. The molecule has 0 radical (unpaired) electrons. The van der Waals surface area contributed by atoms with Crippen LogP contribution < -0.4 is 14.8 Å². The Balaban J connectivity index is 1.61. The molecule has 5 rings (SSSR count). The Morgan fingerprint density at radius 3 is 2.11 bits per heavy atom. The van der Waals surface area contributed by atoms with Crippen LogP contribution in [0.1, 0.15) is 59.6 Å². The molecule has 0 atom stereocenters. The number of carbonyl (C=O) groups excluding carboxylic acids is 1. The summed E-state index contributed by atoms with van der Waals surface area (Å²) in [6.07, 6.45) is 0. The van der Waals surface area contributed by atoms with E-state index in [1.165, 1.54) is 0 Å². The lowest BCUT2D eigenvalue weighted by molar-refractivity contribution is -0.142. The summed E-state index contributed by atoms with van der Waals surface area (Å²) in [5.74, 6) is -0.0139. The maximum absolute atomic E-state index is 13.1. The van der Waals surface area contributed by atoms with E-state index in [9.17, 15) is 9.59 Å². The number of carboxylic acids is 1. The lowest BCUT2D eigenvalue weighted by Gasteiger charge is -2.19. The number of carboxylic acid groups (broad SMARTS) is 1. The second-order valence-electron chi connectivity index (χ2n) is 10.8. The molecule has 2 N–H and O–H groups in total. The van der Waals surface area contributed by atoms with Crippen molar-refractivity contribution in [3.63, 3.8) is 0 Å². The average Bonchev–Trinajstić information content (AvgIpc) is 3.71. The lowest BCUT2D eigenvalue weighted by Crippen LogP contribution is -2.23. The quantitative estimate of drug-likeness (QED) is 0.130. The number of benzene rings is 3. The van der Waals surface area contributed by atoms with Gasteiger partial charge in [-0.1, -0.05) is 84.8 Å². The highest BCUT2D eigenvalue weighted by molar-refractivity contribution is 6.01. The molecule has 5 aromatic rings. The van der Waals surface area contributed by atoms with E-state index in [1.807, 2.05) is 72.8 Å². The zero-order valence-corrected chi connectivity index (χ0v) is 25.8. The summed E-state index contributed by atoms with van der Waals surface area (Å²) < 4.78 is 29.4. The first-order valence-corrected chi connectivity index (χ1v) is 14.9. The second kappa shape index (κ2) is 15.0. The number of rotatable bonds is 15. The molecule has 3 aromatic carbocycles. The minimum atomic E-state index is -1.11. The summed E-state index contributed by atoms with van der Waals surface area (Å²) in [5.41, 5.74) is 3.99. The summed E-state index contributed by atoms with van der Waals surface area (Å²) in [7, 11) is 0. The zero-order valence-electron chi connectivity index (χ0n) is 25.8. The predicted octanol–water partition coefficient (Wildman–Crippen LogP) is 6.63. The van der Waals surface area contributed by atoms with Crippen LogP contribution in [0.15, 0.2) is 87.9 Å². The molecular formula is C35H35N3O8. The van der Waals surface area contributed by atoms with Crippen molar-refractivity contribution in [1.29, 1.82) is 0 Å². The minimum absolute atomic E-state index is 0.00415. The van der Waals surface area contributed by atoms with Crippen molar-refractivity contribution < 1.29 is 38.0 Å². The molecule has 2 aromatic heterocycles. The largest absolute Gasteiger partial charge is 0.488 e. The Kier molecular flexibility index (Phi) is 10.5. The fraction of sp³-hybridized carbons (Fsp3) is 0.257. The van der Waals surface area contributed by atoms with E-state index in [0.717, 1.165) is 16.7 Å². The van der Waals surface area contributed by atoms with E-state index in [-0.39, 0.29) is 41.9 Å². The van der Waals surface area contributed by atoms with Gasteiger partial charge in [-0.15, -0.1) is 0 Å². The van der Waals surface area contributed by atoms with Crippen molar-refractivity contribution in [2.75, 3.05) is 13.2 Å². The van der Waals surface area contributed by atoms with E-state index in [0.29, 0.717) is 35.9 Å². The van der Waals surface area contributed by atoms with Crippen LogP contribution in [0, 0.1) is 0 Å². The summed E-state index contributed by atoms with van der Waals surface area (Å²) in [6.45, 7) is 6.28. The molecule has 0 aliphatic rings. The maximum Gasteiger partial charge on any atom is 0.329 e. The Bertz CT molecular complexity index is 1760. The summed E-state index contributed by atoms with van der Waals surface area (Å²) in [5, 5.41) is 19.8. The summed E-state index contributed by atoms with van der Waals surface area (Å²) in [6, 6.07) is 24.9. The molecule has 0 aliphatic heterocycles. The van der Waals surface area contributed by atoms with Crippen LogP contribution in [0.4, 0.5) is 0 Å². The van der Waals surface area contributed by atoms with Gasteiger partial charge in [0.1, 0.15) is 42.6 Å². The molecule has 2 heterocycles. The SMILES string of the molecule is CCNC(=O)c1noc(-c2cc(C(C)C)c(OCc3ccccc3)cc2OCc2ccccc2)c1-c1cc(COCC(=O)O)no1. The van der Waals surface area contributed by atoms with Gasteiger partial charge in [-0.05, 0) is 35.6 Å². The lowest BCUT2D eigenvalue weighted by atomic mass is 9.95. The van der Waals surface area contributed by atoms with Gasteiger partial charge in [-0.25, -0.2) is 4.79 Å². The predicted molar refractivity (Wildman–Crippen MR) is 168 cm³/mol. The molecule has 0 bridgehead atoms. The van der Waals surface area contributed by atoms with Crippen molar-refractivity contribution in [3.8, 4) is 34.1 Å². The molecule has 0 spiro atoms. The second-order valence-corrected chi connectivity index (χ2v) is 10.8. The van der Waals surface area contributed by atoms with Gasteiger partial charge in [0.15, 0.2) is 17.2 Å². The standard InChI is InChI=1S/C35H35N3O8/c1-4-36-35(41)33-32(30-15-25(37-45-30)20-42-21-31(39)40)34(46-38-33)27-16-26(22(2)3)28(43-18-23-11-7-5-8-12-23)17-29(27)44-19-24-13-9-6-10-14-24/h5-17,22H,4,18-21H2,1-3H3,(H,36,41)(H,39,40). The molecule has 0 saturated carbocycles. The van der Waals surface area contributed by atoms with Crippen LogP contribution in [-0.2, 0) is 29.4 Å². The third-order valence-corrected chi connectivity index (χ3v) is 6.98. The Labute approximate surface area is 266 Å². The highest BCUT2D eigenvalue weighted by Gasteiger charge is 2.30. The molecule has 0 unspecified atom stereocenters. The number of aliphatic carboxylic acids is 1. The fourth-order valence-corrected chi connectivity index (χ4v) is 4.76. The van der Waals surface area contributed by atoms with Gasteiger partial charge in [0.2, 0.25) is 0 Å². The number of hydrogen-bond acceptors (Lipinski definition) is 9. The first-order valence-electron chi connectivity index (χ1n) is 14.9. The smallest absolute Gasteiger partial charge is 0.329 e. The number of carbonyl (C=O) groups is 2. The van der Waals surface area contributed by atoms with E-state index in [2.05, 4.69) is 29.5 Å². The molecule has 11 heteroatoms. The summed E-state index contributed by atoms with van der Waals surface area (Å²) >= 11 is 0. The topological polar surface area (TPSA) is 146 Å². The van der Waals surface area contributed by atoms with Crippen LogP contribution in [0.2, 0.25) is 0 Å². The Hall–Kier alpha value is -5.42. The average molecular weight is 626 g/mol. The first kappa shape index (κ1) is 32.0. The Morgan fingerprint density at radius 2 is 1.50 bits per heavy atom. The van der Waals surface area contributed by atoms with Gasteiger partial charge < -0.3 is 33.7 Å². The monoisotopic (exact) mass is 625 g/mol. The fourth-order valence-electron chi connectivity index (χ4n) is 4.76. The molecule has 0 saturated heterocycles. The minimum Gasteiger partial charge on any atom is -0.488 e. The van der Waals surface area contributed by atoms with Gasteiger partial charge in [0.05, 0.1) is 12.2 Å². The van der Waals surface area contributed by atoms with Crippen molar-refractivity contribution in [3.05, 3.63) is 107 Å². The molecule has 1 amide bonds. The molecule has 0 aliphatic carbocycles. The number of nitrogens with one attached hydrogen (secondary N) is 1. The molecule has 238 valence electrons. The summed E-state index contributed by atoms with van der Waals surface area (Å²) in [4.78, 5) is 24.0. The van der Waals surface area contributed by atoms with Crippen LogP contribution >= 0.6 is 0 Å². The van der Waals surface area contributed by atoms with Crippen molar-refractivity contribution in [2.45, 2.75) is 46.5 Å². The van der Waals surface area contributed by atoms with Crippen LogP contribution in [-0.4, -0.2) is 40.4 Å². The third-order valence-electron chi connectivity index (χ3n) is 6.98. The normalized spacial score (nSPS) is 11.0. The first-order chi connectivity index (χ1) is 22.3. The molecule has 0 fully saturated rings. The third kappa shape index (κ3) is 7.80. The number of nitrogens with zero attached hydrogens (tertiary/aromatic N) is 2. The van der Waals surface area contributed by atoms with E-state index >= 15 is 0 Å². The van der Waals surface area contributed by atoms with E-state index < -0.39 is 18.5 Å². The van der Waals surface area contributed by atoms with Crippen LogP contribution in [0.25, 0.3) is 22.6 Å². The molecular weight excluding hydrogens is 590 g/mol. The molecule has 46 heavy (non-hydrogen) atoms. The van der Waals surface area contributed by atoms with Crippen molar-refractivity contribution in [2.24, 2.45) is 0 Å². The van der Waals surface area contributed by atoms with E-state index in [1.54, 1.807) is 13.0 Å². The van der Waals surface area contributed by atoms with Gasteiger partial charge in [-0.3, -0.25) is 4.79 Å². The number of amides is 1. The number of ether oxygens (including phenoxy) is 3. The van der Waals surface area contributed by atoms with Gasteiger partial charge >= 0.3 is 5.97 Å². The highest BCUT2D eigenvalue weighted by Crippen LogP contribution is 2.44. The van der Waals surface area contributed by atoms with Crippen LogP contribution in [0.5, 0.6) is 11.5 Å². The number of aromatic nitrogens is 2. The van der Waals surface area contributed by atoms with Crippen molar-refractivity contribution >= 4 is 11.9 Å². The molecule has 11 nitrogen and oxygen atoms in total. The van der Waals surface area contributed by atoms with Gasteiger partial charge in [0.25, 0.3) is 5.91 Å². The highest BCUT2D eigenvalue weighted by atomic mass is 16.5. The van der Waals surface area contributed by atoms with Crippen LogP contribution in [0.3, 0.4) is 0 Å². The van der Waals surface area contributed by atoms with Crippen molar-refractivity contribution in [1.82, 2.24) is 15.6 Å². The maximum atomic E-state index is 13.1. The number of hydrogen-bond donors (Lipinski definition) is 2. The van der Waals surface area contributed by atoms with E-state index in [4.69, 9.17) is 28.4 Å². The van der Waals surface area contributed by atoms with Gasteiger partial charge in [0, 0.05) is 18.7 Å².